The van der Waals surface area contributed by atoms with Crippen LogP contribution in [0.4, 0.5) is 19.0 Å². The number of nitrogens with zero attached hydrogens (tertiary/aromatic N) is 3. The molecule has 1 amide bonds. The second kappa shape index (κ2) is 6.86. The Balaban J connectivity index is 1.80. The molecule has 8 heteroatoms. The summed E-state index contributed by atoms with van der Waals surface area (Å²) in [4.78, 5) is 13.3. The van der Waals surface area contributed by atoms with Crippen molar-refractivity contribution in [3.05, 3.63) is 48.7 Å². The van der Waals surface area contributed by atoms with Crippen LogP contribution < -0.4 is 10.2 Å². The Morgan fingerprint density at radius 2 is 2.04 bits per heavy atom. The number of rotatable bonds is 4. The molecule has 2 aromatic rings. The Morgan fingerprint density at radius 1 is 1.35 bits per heavy atom. The number of benzene rings is 1. The molecule has 5 nitrogen and oxygen atoms in total. The van der Waals surface area contributed by atoms with Gasteiger partial charge in [0.15, 0.2) is 0 Å². The Labute approximate surface area is 149 Å². The summed E-state index contributed by atoms with van der Waals surface area (Å²) in [7, 11) is 1.91. The van der Waals surface area contributed by atoms with E-state index in [0.29, 0.717) is 25.2 Å². The van der Waals surface area contributed by atoms with Crippen molar-refractivity contribution in [1.29, 1.82) is 0 Å². The van der Waals surface area contributed by atoms with E-state index in [9.17, 15) is 18.0 Å². The Morgan fingerprint density at radius 3 is 2.65 bits per heavy atom. The summed E-state index contributed by atoms with van der Waals surface area (Å²) >= 11 is 0. The number of carbonyl (C=O) groups is 1. The fraction of sp³-hybridized carbons (Fsp3) is 0.333. The van der Waals surface area contributed by atoms with Crippen LogP contribution in [0, 0.1) is 5.92 Å². The van der Waals surface area contributed by atoms with Crippen molar-refractivity contribution in [3.8, 4) is 11.1 Å². The van der Waals surface area contributed by atoms with Crippen molar-refractivity contribution >= 4 is 11.7 Å². The number of nitrogens with one attached hydrogen (secondary N) is 1. The molecule has 0 spiro atoms. The third-order valence-electron chi connectivity index (χ3n) is 4.41. The molecule has 1 atom stereocenters. The van der Waals surface area contributed by atoms with E-state index in [1.807, 2.05) is 16.6 Å². The average Bonchev–Trinajstić information content (AvgIpc) is 3.03. The first kappa shape index (κ1) is 18.0. The van der Waals surface area contributed by atoms with E-state index >= 15 is 0 Å². The zero-order chi connectivity index (χ0) is 18.9. The van der Waals surface area contributed by atoms with Gasteiger partial charge in [-0.25, -0.2) is 4.68 Å². The van der Waals surface area contributed by atoms with Crippen molar-refractivity contribution < 1.29 is 18.0 Å². The minimum Gasteiger partial charge on any atom is -0.359 e. The molecule has 1 N–H and O–H groups in total. The summed E-state index contributed by atoms with van der Waals surface area (Å²) in [5.41, 5.74) is 0.799. The largest absolute Gasteiger partial charge is 0.416 e. The number of hydrogen-bond donors (Lipinski definition) is 1. The molecule has 0 aliphatic carbocycles. The van der Waals surface area contributed by atoms with Gasteiger partial charge in [-0.05, 0) is 23.8 Å². The number of amides is 1. The highest BCUT2D eigenvalue weighted by molar-refractivity contribution is 5.86. The maximum Gasteiger partial charge on any atom is 0.416 e. The van der Waals surface area contributed by atoms with Crippen LogP contribution >= 0.6 is 0 Å². The standard InChI is InChI=1S/C18H19F3N4O/c1-3-16(26)22-8-12-10-24(2)17-15(9-23-25(17)11-12)13-4-6-14(7-5-13)18(19,20)21/h3-7,9,12H,1,8,10-11H2,2H3,(H,22,26). The van der Waals surface area contributed by atoms with Crippen LogP contribution in [0.2, 0.25) is 0 Å². The predicted molar refractivity (Wildman–Crippen MR) is 92.6 cm³/mol. The Hall–Kier alpha value is -2.77. The maximum absolute atomic E-state index is 12.7. The Kier molecular flexibility index (Phi) is 4.76. The molecule has 1 aliphatic heterocycles. The maximum atomic E-state index is 12.7. The van der Waals surface area contributed by atoms with Gasteiger partial charge >= 0.3 is 6.18 Å². The lowest BCUT2D eigenvalue weighted by Crippen LogP contribution is -2.41. The molecule has 3 rings (SSSR count). The van der Waals surface area contributed by atoms with E-state index < -0.39 is 11.7 Å². The number of anilines is 1. The van der Waals surface area contributed by atoms with Crippen LogP contribution in [0.15, 0.2) is 43.1 Å². The van der Waals surface area contributed by atoms with Crippen molar-refractivity contribution in [2.24, 2.45) is 5.92 Å². The van der Waals surface area contributed by atoms with Gasteiger partial charge in [0.05, 0.1) is 11.8 Å². The summed E-state index contributed by atoms with van der Waals surface area (Å²) in [6.07, 6.45) is -1.45. The molecule has 0 bridgehead atoms. The third kappa shape index (κ3) is 3.58. The summed E-state index contributed by atoms with van der Waals surface area (Å²) < 4.78 is 40.0. The lowest BCUT2D eigenvalue weighted by molar-refractivity contribution is -0.137. The summed E-state index contributed by atoms with van der Waals surface area (Å²) in [5, 5.41) is 7.15. The first-order valence-electron chi connectivity index (χ1n) is 8.14. The number of alkyl halides is 3. The summed E-state index contributed by atoms with van der Waals surface area (Å²) in [5.74, 6) is 0.817. The SMILES string of the molecule is C=CC(=O)NCC1CN(C)c2c(-c3ccc(C(F)(F)F)cc3)cnn2C1. The van der Waals surface area contributed by atoms with Gasteiger partial charge in [0.1, 0.15) is 5.82 Å². The molecule has 0 radical (unpaired) electrons. The Bertz CT molecular complexity index is 811. The average molecular weight is 364 g/mol. The zero-order valence-electron chi connectivity index (χ0n) is 14.3. The second-order valence-corrected chi connectivity index (χ2v) is 6.33. The second-order valence-electron chi connectivity index (χ2n) is 6.33. The van der Waals surface area contributed by atoms with Gasteiger partial charge < -0.3 is 10.2 Å². The third-order valence-corrected chi connectivity index (χ3v) is 4.41. The molecule has 26 heavy (non-hydrogen) atoms. The minimum atomic E-state index is -4.35. The lowest BCUT2D eigenvalue weighted by Gasteiger charge is -2.33. The predicted octanol–water partition coefficient (Wildman–Crippen LogP) is 2.94. The monoisotopic (exact) mass is 364 g/mol. The smallest absolute Gasteiger partial charge is 0.359 e. The number of halogens is 3. The minimum absolute atomic E-state index is 0.178. The molecule has 138 valence electrons. The summed E-state index contributed by atoms with van der Waals surface area (Å²) in [6.45, 7) is 5.25. The van der Waals surface area contributed by atoms with Crippen LogP contribution in [-0.4, -0.2) is 35.8 Å². The van der Waals surface area contributed by atoms with Crippen molar-refractivity contribution in [2.75, 3.05) is 25.0 Å². The lowest BCUT2D eigenvalue weighted by atomic mass is 10.0. The van der Waals surface area contributed by atoms with Crippen LogP contribution in [0.25, 0.3) is 11.1 Å². The molecule has 0 saturated carbocycles. The number of carbonyl (C=O) groups excluding carboxylic acids is 1. The van der Waals surface area contributed by atoms with Gasteiger partial charge in [-0.15, -0.1) is 0 Å². The van der Waals surface area contributed by atoms with E-state index in [4.69, 9.17) is 0 Å². The molecule has 1 aliphatic rings. The quantitative estimate of drug-likeness (QED) is 0.849. The molecular formula is C18H19F3N4O. The van der Waals surface area contributed by atoms with E-state index in [0.717, 1.165) is 23.5 Å². The van der Waals surface area contributed by atoms with Gasteiger partial charge in [-0.1, -0.05) is 18.7 Å². The first-order valence-corrected chi connectivity index (χ1v) is 8.14. The number of fused-ring (bicyclic) bond motifs is 1. The van der Waals surface area contributed by atoms with Gasteiger partial charge in [-0.3, -0.25) is 4.79 Å². The first-order chi connectivity index (χ1) is 12.3. The molecule has 2 heterocycles. The van der Waals surface area contributed by atoms with Gasteiger partial charge in [-0.2, -0.15) is 18.3 Å². The van der Waals surface area contributed by atoms with E-state index in [1.54, 1.807) is 6.20 Å². The highest BCUT2D eigenvalue weighted by Gasteiger charge is 2.31. The normalized spacial score (nSPS) is 16.9. The van der Waals surface area contributed by atoms with Crippen molar-refractivity contribution in [3.63, 3.8) is 0 Å². The summed E-state index contributed by atoms with van der Waals surface area (Å²) in [6, 6.07) is 5.08. The zero-order valence-corrected chi connectivity index (χ0v) is 14.3. The van der Waals surface area contributed by atoms with Gasteiger partial charge in [0.2, 0.25) is 5.91 Å². The van der Waals surface area contributed by atoms with Gasteiger partial charge in [0.25, 0.3) is 0 Å². The fourth-order valence-corrected chi connectivity index (χ4v) is 3.18. The van der Waals surface area contributed by atoms with Crippen molar-refractivity contribution in [1.82, 2.24) is 15.1 Å². The topological polar surface area (TPSA) is 50.2 Å². The van der Waals surface area contributed by atoms with E-state index in [2.05, 4.69) is 17.0 Å². The van der Waals surface area contributed by atoms with Crippen LogP contribution in [0.1, 0.15) is 5.56 Å². The fourth-order valence-electron chi connectivity index (χ4n) is 3.18. The molecule has 1 aromatic carbocycles. The molecule has 0 fully saturated rings. The highest BCUT2D eigenvalue weighted by Crippen LogP contribution is 2.36. The van der Waals surface area contributed by atoms with Crippen molar-refractivity contribution in [2.45, 2.75) is 12.7 Å². The van der Waals surface area contributed by atoms with Crippen LogP contribution in [0.3, 0.4) is 0 Å². The van der Waals surface area contributed by atoms with E-state index in [-0.39, 0.29) is 11.8 Å². The van der Waals surface area contributed by atoms with Crippen LogP contribution in [0.5, 0.6) is 0 Å². The highest BCUT2D eigenvalue weighted by atomic mass is 19.4. The van der Waals surface area contributed by atoms with E-state index in [1.165, 1.54) is 18.2 Å². The molecule has 0 saturated heterocycles. The van der Waals surface area contributed by atoms with Gasteiger partial charge in [0, 0.05) is 38.2 Å². The number of hydrogen-bond acceptors (Lipinski definition) is 3. The van der Waals surface area contributed by atoms with Crippen LogP contribution in [-0.2, 0) is 17.5 Å². The number of aromatic nitrogens is 2. The molecule has 1 aromatic heterocycles. The molecule has 1 unspecified atom stereocenters. The molecular weight excluding hydrogens is 345 g/mol.